The van der Waals surface area contributed by atoms with E-state index in [2.05, 4.69) is 63.3 Å². The van der Waals surface area contributed by atoms with Gasteiger partial charge in [-0.2, -0.15) is 0 Å². The number of hydrogen-bond acceptors (Lipinski definition) is 0. The van der Waals surface area contributed by atoms with Crippen LogP contribution in [0.3, 0.4) is 0 Å². The minimum absolute atomic E-state index is 0.545. The van der Waals surface area contributed by atoms with E-state index in [0.29, 0.717) is 10.8 Å². The summed E-state index contributed by atoms with van der Waals surface area (Å²) >= 11 is 2.53. The van der Waals surface area contributed by atoms with Crippen LogP contribution in [0.1, 0.15) is 137 Å². The molecule has 34 heavy (non-hydrogen) atoms. The fourth-order valence-corrected chi connectivity index (χ4v) is 10.4. The van der Waals surface area contributed by atoms with E-state index in [1.54, 1.807) is 0 Å². The van der Waals surface area contributed by atoms with Crippen molar-refractivity contribution in [2.75, 3.05) is 4.43 Å². The lowest BCUT2D eigenvalue weighted by atomic mass is 9.46. The molecule has 0 bridgehead atoms. The highest BCUT2D eigenvalue weighted by Crippen LogP contribution is 2.67. The normalized spacial score (nSPS) is 40.4. The number of allylic oxidation sites excluding steroid dienone is 2. The van der Waals surface area contributed by atoms with Crippen molar-refractivity contribution in [2.45, 2.75) is 137 Å². The molecule has 0 saturated heterocycles. The lowest BCUT2D eigenvalue weighted by Gasteiger charge is -2.58. The Balaban J connectivity index is 1.37. The molecule has 196 valence electrons. The lowest BCUT2D eigenvalue weighted by Crippen LogP contribution is -2.50. The van der Waals surface area contributed by atoms with Crippen molar-refractivity contribution in [2.24, 2.45) is 52.3 Å². The Morgan fingerprint density at radius 3 is 2.44 bits per heavy atom. The molecule has 3 fully saturated rings. The molecule has 3 saturated carbocycles. The van der Waals surface area contributed by atoms with Gasteiger partial charge in [0.25, 0.3) is 0 Å². The molecule has 0 heterocycles. The van der Waals surface area contributed by atoms with Gasteiger partial charge in [0, 0.05) is 0 Å². The molecule has 0 spiro atoms. The third kappa shape index (κ3) is 5.65. The maximum Gasteiger partial charge on any atom is -0.000473 e. The van der Waals surface area contributed by atoms with Gasteiger partial charge in [-0.3, -0.25) is 0 Å². The van der Waals surface area contributed by atoms with Gasteiger partial charge in [-0.25, -0.2) is 0 Å². The van der Waals surface area contributed by atoms with E-state index in [1.807, 2.05) is 5.57 Å². The summed E-state index contributed by atoms with van der Waals surface area (Å²) in [4.78, 5) is 0. The smallest absolute Gasteiger partial charge is 0.000473 e. The van der Waals surface area contributed by atoms with Crippen LogP contribution >= 0.6 is 22.6 Å². The maximum atomic E-state index is 2.81. The Labute approximate surface area is 227 Å². The summed E-state index contributed by atoms with van der Waals surface area (Å²) in [5.74, 6) is 6.78. The van der Waals surface area contributed by atoms with Crippen molar-refractivity contribution >= 4 is 22.6 Å². The SMILES string of the molecule is CC(C)CCC[C@@H](C)[C@H]1CC[C@H]2[C@@H]3CC=C4C[C@@H](CCCCCCI)CC[C@]4(C)[C@H]3CC[C@]12C. The Morgan fingerprint density at radius 1 is 0.882 bits per heavy atom. The van der Waals surface area contributed by atoms with Gasteiger partial charge in [-0.1, -0.05) is 114 Å². The fraction of sp³-hybridized carbons (Fsp3) is 0.939. The van der Waals surface area contributed by atoms with Crippen molar-refractivity contribution in [3.8, 4) is 0 Å². The van der Waals surface area contributed by atoms with Crippen LogP contribution in [0.4, 0.5) is 0 Å². The molecule has 0 amide bonds. The largest absolute Gasteiger partial charge is 0.0864 e. The van der Waals surface area contributed by atoms with Crippen LogP contribution in [0.15, 0.2) is 11.6 Å². The van der Waals surface area contributed by atoms with Crippen LogP contribution in [0.2, 0.25) is 0 Å². The van der Waals surface area contributed by atoms with Crippen molar-refractivity contribution in [1.29, 1.82) is 0 Å². The van der Waals surface area contributed by atoms with Crippen LogP contribution in [-0.4, -0.2) is 4.43 Å². The van der Waals surface area contributed by atoms with Gasteiger partial charge in [0.1, 0.15) is 0 Å². The molecular weight excluding hydrogens is 523 g/mol. The standard InChI is InChI=1S/C33H57I/c1-24(2)11-10-12-25(3)29-16-17-30-28-15-14-27-23-26(13-8-6-7-9-22-34)18-20-32(27,4)31(28)19-21-33(29,30)5/h14,24-26,28-31H,6-13,15-23H2,1-5H3/t25-,26+,28+,29-,30+,31+,32+,33-/m1/s1. The second-order valence-corrected chi connectivity index (χ2v) is 15.4. The molecule has 0 aliphatic heterocycles. The summed E-state index contributed by atoms with van der Waals surface area (Å²) in [7, 11) is 0. The van der Waals surface area contributed by atoms with Crippen molar-refractivity contribution in [3.63, 3.8) is 0 Å². The Bertz CT molecular complexity index is 678. The van der Waals surface area contributed by atoms with E-state index in [9.17, 15) is 0 Å². The maximum absolute atomic E-state index is 2.81. The van der Waals surface area contributed by atoms with E-state index in [0.717, 1.165) is 41.4 Å². The number of hydrogen-bond donors (Lipinski definition) is 0. The van der Waals surface area contributed by atoms with E-state index in [4.69, 9.17) is 0 Å². The topological polar surface area (TPSA) is 0 Å². The summed E-state index contributed by atoms with van der Waals surface area (Å²) in [6.45, 7) is 12.9. The summed E-state index contributed by atoms with van der Waals surface area (Å²) in [6.07, 6.45) is 26.5. The number of rotatable bonds is 11. The molecule has 0 unspecified atom stereocenters. The van der Waals surface area contributed by atoms with Crippen LogP contribution < -0.4 is 0 Å². The predicted molar refractivity (Wildman–Crippen MR) is 159 cm³/mol. The molecule has 4 rings (SSSR count). The minimum atomic E-state index is 0.545. The Hall–Kier alpha value is 0.470. The van der Waals surface area contributed by atoms with Crippen LogP contribution in [0.5, 0.6) is 0 Å². The molecule has 0 aromatic heterocycles. The quantitative estimate of drug-likeness (QED) is 0.0987. The monoisotopic (exact) mass is 580 g/mol. The first kappa shape index (κ1) is 27.5. The molecule has 0 N–H and O–H groups in total. The molecule has 0 aromatic rings. The summed E-state index contributed by atoms with van der Waals surface area (Å²) < 4.78 is 1.34. The van der Waals surface area contributed by atoms with Gasteiger partial charge in [0.05, 0.1) is 0 Å². The van der Waals surface area contributed by atoms with Crippen molar-refractivity contribution < 1.29 is 0 Å². The molecular formula is C33H57I. The first-order chi connectivity index (χ1) is 16.3. The van der Waals surface area contributed by atoms with Crippen LogP contribution in [-0.2, 0) is 0 Å². The zero-order chi connectivity index (χ0) is 24.3. The third-order valence-corrected chi connectivity index (χ3v) is 12.7. The third-order valence-electron chi connectivity index (χ3n) is 11.9. The second-order valence-electron chi connectivity index (χ2n) is 14.3. The zero-order valence-electron chi connectivity index (χ0n) is 23.5. The first-order valence-corrected chi connectivity index (χ1v) is 17.1. The highest BCUT2D eigenvalue weighted by Gasteiger charge is 2.59. The highest BCUT2D eigenvalue weighted by atomic mass is 127. The summed E-state index contributed by atoms with van der Waals surface area (Å²) in [5.41, 5.74) is 3.09. The average Bonchev–Trinajstić information content (AvgIpc) is 3.16. The molecule has 8 atom stereocenters. The molecule has 0 nitrogen and oxygen atoms in total. The minimum Gasteiger partial charge on any atom is -0.0864 e. The second kappa shape index (κ2) is 11.9. The van der Waals surface area contributed by atoms with Gasteiger partial charge >= 0.3 is 0 Å². The molecule has 4 aliphatic carbocycles. The number of alkyl halides is 1. The molecule has 0 aromatic carbocycles. The van der Waals surface area contributed by atoms with E-state index in [1.165, 1.54) is 107 Å². The number of fused-ring (bicyclic) bond motifs is 5. The zero-order valence-corrected chi connectivity index (χ0v) is 25.7. The lowest BCUT2D eigenvalue weighted by molar-refractivity contribution is -0.0529. The van der Waals surface area contributed by atoms with Gasteiger partial charge in [0.2, 0.25) is 0 Å². The summed E-state index contributed by atoms with van der Waals surface area (Å²) in [5, 5.41) is 0. The Kier molecular flexibility index (Phi) is 9.62. The summed E-state index contributed by atoms with van der Waals surface area (Å²) in [6, 6.07) is 0. The fourth-order valence-electron chi connectivity index (χ4n) is 9.89. The highest BCUT2D eigenvalue weighted by molar-refractivity contribution is 14.1. The average molecular weight is 581 g/mol. The van der Waals surface area contributed by atoms with Crippen LogP contribution in [0, 0.1) is 52.3 Å². The van der Waals surface area contributed by atoms with Crippen molar-refractivity contribution in [3.05, 3.63) is 11.6 Å². The number of unbranched alkanes of at least 4 members (excludes halogenated alkanes) is 3. The Morgan fingerprint density at radius 2 is 1.68 bits per heavy atom. The van der Waals surface area contributed by atoms with E-state index < -0.39 is 0 Å². The van der Waals surface area contributed by atoms with Crippen molar-refractivity contribution in [1.82, 2.24) is 0 Å². The van der Waals surface area contributed by atoms with E-state index >= 15 is 0 Å². The molecule has 1 heteroatoms. The predicted octanol–water partition coefficient (Wildman–Crippen LogP) is 11.0. The molecule has 4 aliphatic rings. The van der Waals surface area contributed by atoms with E-state index in [-0.39, 0.29) is 0 Å². The molecule has 0 radical (unpaired) electrons. The first-order valence-electron chi connectivity index (χ1n) is 15.5. The van der Waals surface area contributed by atoms with Crippen LogP contribution in [0.25, 0.3) is 0 Å². The van der Waals surface area contributed by atoms with Gasteiger partial charge in [-0.15, -0.1) is 0 Å². The number of halogens is 1. The van der Waals surface area contributed by atoms with Gasteiger partial charge in [0.15, 0.2) is 0 Å². The van der Waals surface area contributed by atoms with Gasteiger partial charge in [-0.05, 0) is 114 Å². The van der Waals surface area contributed by atoms with Gasteiger partial charge < -0.3 is 0 Å².